The maximum absolute atomic E-state index is 10.5. The largest absolute Gasteiger partial charge is 0.384 e. The van der Waals surface area contributed by atoms with Crippen molar-refractivity contribution in [2.24, 2.45) is 0 Å². The molecule has 0 bridgehead atoms. The molecule has 19 heavy (non-hydrogen) atoms. The number of benzene rings is 1. The molecule has 2 nitrogen and oxygen atoms in total. The van der Waals surface area contributed by atoms with Crippen molar-refractivity contribution in [3.05, 3.63) is 65.0 Å². The Balaban J connectivity index is 1.91. The molecule has 2 heteroatoms. The lowest BCUT2D eigenvalue weighted by molar-refractivity contribution is 0.219. The van der Waals surface area contributed by atoms with Gasteiger partial charge in [0.25, 0.3) is 0 Å². The topological polar surface area (TPSA) is 33.1 Å². The van der Waals surface area contributed by atoms with E-state index < -0.39 is 6.10 Å². The van der Waals surface area contributed by atoms with Gasteiger partial charge in [0.15, 0.2) is 0 Å². The standard InChI is InChI=1S/C17H19NO/c1-12-11-18-9-8-16(12)17(19)15-7-3-6-14(10-15)13-4-2-5-13/h3,6-11,13,17,19H,2,4-5H2,1H3. The molecule has 1 aliphatic carbocycles. The molecule has 0 radical (unpaired) electrons. The second-order valence-corrected chi connectivity index (χ2v) is 5.43. The summed E-state index contributed by atoms with van der Waals surface area (Å²) in [6.07, 6.45) is 6.89. The minimum atomic E-state index is -0.553. The van der Waals surface area contributed by atoms with Gasteiger partial charge in [-0.25, -0.2) is 0 Å². The Bertz CT molecular complexity index is 575. The minimum Gasteiger partial charge on any atom is -0.384 e. The summed E-state index contributed by atoms with van der Waals surface area (Å²) in [6.45, 7) is 1.99. The molecule has 1 unspecified atom stereocenters. The molecule has 1 aromatic heterocycles. The van der Waals surface area contributed by atoms with Crippen LogP contribution in [0.2, 0.25) is 0 Å². The van der Waals surface area contributed by atoms with Crippen LogP contribution in [0.5, 0.6) is 0 Å². The predicted molar refractivity (Wildman–Crippen MR) is 76.1 cm³/mol. The number of aliphatic hydroxyl groups excluding tert-OH is 1. The predicted octanol–water partition coefficient (Wildman–Crippen LogP) is 3.74. The first-order valence-electron chi connectivity index (χ1n) is 6.94. The molecule has 0 amide bonds. The smallest absolute Gasteiger partial charge is 0.104 e. The third-order valence-corrected chi connectivity index (χ3v) is 4.16. The van der Waals surface area contributed by atoms with Crippen LogP contribution < -0.4 is 0 Å². The highest BCUT2D eigenvalue weighted by atomic mass is 16.3. The molecule has 1 N–H and O–H groups in total. The van der Waals surface area contributed by atoms with Crippen molar-refractivity contribution in [1.82, 2.24) is 4.98 Å². The summed E-state index contributed by atoms with van der Waals surface area (Å²) < 4.78 is 0. The van der Waals surface area contributed by atoms with Gasteiger partial charge in [0.1, 0.15) is 6.10 Å². The van der Waals surface area contributed by atoms with Gasteiger partial charge in [-0.1, -0.05) is 30.7 Å². The molecule has 1 fully saturated rings. The maximum atomic E-state index is 10.5. The lowest BCUT2D eigenvalue weighted by Gasteiger charge is -2.26. The fourth-order valence-corrected chi connectivity index (χ4v) is 2.70. The summed E-state index contributed by atoms with van der Waals surface area (Å²) in [5.41, 5.74) is 4.33. The van der Waals surface area contributed by atoms with Gasteiger partial charge in [-0.2, -0.15) is 0 Å². The van der Waals surface area contributed by atoms with E-state index in [4.69, 9.17) is 0 Å². The van der Waals surface area contributed by atoms with Crippen LogP contribution in [0.4, 0.5) is 0 Å². The highest BCUT2D eigenvalue weighted by Crippen LogP contribution is 2.37. The fraction of sp³-hybridized carbons (Fsp3) is 0.353. The monoisotopic (exact) mass is 253 g/mol. The Morgan fingerprint density at radius 2 is 2.11 bits per heavy atom. The first-order valence-corrected chi connectivity index (χ1v) is 6.94. The average Bonchev–Trinajstić information content (AvgIpc) is 2.37. The van der Waals surface area contributed by atoms with E-state index in [1.54, 1.807) is 12.4 Å². The summed E-state index contributed by atoms with van der Waals surface area (Å²) >= 11 is 0. The van der Waals surface area contributed by atoms with Crippen LogP contribution in [-0.2, 0) is 0 Å². The van der Waals surface area contributed by atoms with E-state index in [0.29, 0.717) is 5.92 Å². The highest BCUT2D eigenvalue weighted by molar-refractivity contribution is 5.36. The minimum absolute atomic E-state index is 0.553. The molecule has 2 aromatic rings. The average molecular weight is 253 g/mol. The number of aryl methyl sites for hydroxylation is 1. The van der Waals surface area contributed by atoms with E-state index in [0.717, 1.165) is 16.7 Å². The summed E-state index contributed by atoms with van der Waals surface area (Å²) in [7, 11) is 0. The van der Waals surface area contributed by atoms with E-state index in [1.807, 2.05) is 19.1 Å². The summed E-state index contributed by atoms with van der Waals surface area (Å²) in [5, 5.41) is 10.5. The molecule has 1 saturated carbocycles. The van der Waals surface area contributed by atoms with Crippen molar-refractivity contribution >= 4 is 0 Å². The quantitative estimate of drug-likeness (QED) is 0.904. The van der Waals surface area contributed by atoms with E-state index in [9.17, 15) is 5.11 Å². The van der Waals surface area contributed by atoms with Crippen molar-refractivity contribution in [3.63, 3.8) is 0 Å². The number of rotatable bonds is 3. The van der Waals surface area contributed by atoms with Crippen LogP contribution in [0.25, 0.3) is 0 Å². The van der Waals surface area contributed by atoms with Crippen LogP contribution in [0, 0.1) is 6.92 Å². The number of hydrogen-bond donors (Lipinski definition) is 1. The van der Waals surface area contributed by atoms with Gasteiger partial charge in [-0.3, -0.25) is 4.98 Å². The molecule has 3 rings (SSSR count). The van der Waals surface area contributed by atoms with Crippen molar-refractivity contribution in [2.75, 3.05) is 0 Å². The summed E-state index contributed by atoms with van der Waals surface area (Å²) in [5.74, 6) is 0.700. The lowest BCUT2D eigenvalue weighted by Crippen LogP contribution is -2.10. The molecular formula is C17H19NO. The van der Waals surface area contributed by atoms with Crippen LogP contribution in [-0.4, -0.2) is 10.1 Å². The van der Waals surface area contributed by atoms with Crippen molar-refractivity contribution in [3.8, 4) is 0 Å². The fourth-order valence-electron chi connectivity index (χ4n) is 2.70. The van der Waals surface area contributed by atoms with Crippen LogP contribution in [0.15, 0.2) is 42.7 Å². The number of hydrogen-bond acceptors (Lipinski definition) is 2. The van der Waals surface area contributed by atoms with Gasteiger partial charge in [0.05, 0.1) is 0 Å². The summed E-state index contributed by atoms with van der Waals surface area (Å²) in [6, 6.07) is 10.3. The molecule has 1 aliphatic rings. The first-order chi connectivity index (χ1) is 9.25. The van der Waals surface area contributed by atoms with Crippen molar-refractivity contribution in [2.45, 2.75) is 38.2 Å². The normalized spacial score (nSPS) is 16.9. The molecule has 0 saturated heterocycles. The van der Waals surface area contributed by atoms with E-state index in [-0.39, 0.29) is 0 Å². The van der Waals surface area contributed by atoms with Crippen LogP contribution >= 0.6 is 0 Å². The second kappa shape index (κ2) is 5.14. The molecule has 1 heterocycles. The molecule has 98 valence electrons. The van der Waals surface area contributed by atoms with E-state index >= 15 is 0 Å². The Hall–Kier alpha value is -1.67. The van der Waals surface area contributed by atoms with Gasteiger partial charge in [0.2, 0.25) is 0 Å². The first kappa shape index (κ1) is 12.4. The SMILES string of the molecule is Cc1cnccc1C(O)c1cccc(C2CCC2)c1. The Labute approximate surface area is 114 Å². The number of nitrogens with zero attached hydrogens (tertiary/aromatic N) is 1. The van der Waals surface area contributed by atoms with Crippen LogP contribution in [0.1, 0.15) is 53.5 Å². The van der Waals surface area contributed by atoms with Gasteiger partial charge in [0, 0.05) is 12.4 Å². The second-order valence-electron chi connectivity index (χ2n) is 5.43. The van der Waals surface area contributed by atoms with Crippen molar-refractivity contribution in [1.29, 1.82) is 0 Å². The number of aromatic nitrogens is 1. The molecule has 0 aliphatic heterocycles. The van der Waals surface area contributed by atoms with E-state index in [1.165, 1.54) is 24.8 Å². The van der Waals surface area contributed by atoms with Gasteiger partial charge >= 0.3 is 0 Å². The van der Waals surface area contributed by atoms with Crippen LogP contribution in [0.3, 0.4) is 0 Å². The van der Waals surface area contributed by atoms with Crippen molar-refractivity contribution < 1.29 is 5.11 Å². The number of pyridine rings is 1. The zero-order valence-corrected chi connectivity index (χ0v) is 11.2. The summed E-state index contributed by atoms with van der Waals surface area (Å²) in [4.78, 5) is 4.08. The third kappa shape index (κ3) is 2.41. The number of aliphatic hydroxyl groups is 1. The van der Waals surface area contributed by atoms with E-state index in [2.05, 4.69) is 23.2 Å². The van der Waals surface area contributed by atoms with Gasteiger partial charge in [-0.15, -0.1) is 0 Å². The highest BCUT2D eigenvalue weighted by Gasteiger charge is 2.21. The lowest BCUT2D eigenvalue weighted by atomic mass is 9.79. The maximum Gasteiger partial charge on any atom is 0.104 e. The van der Waals surface area contributed by atoms with Gasteiger partial charge < -0.3 is 5.11 Å². The Kier molecular flexibility index (Phi) is 3.34. The molecule has 1 aromatic carbocycles. The third-order valence-electron chi connectivity index (χ3n) is 4.16. The zero-order valence-electron chi connectivity index (χ0n) is 11.2. The Morgan fingerprint density at radius 1 is 1.26 bits per heavy atom. The zero-order chi connectivity index (χ0) is 13.2. The molecule has 0 spiro atoms. The molecule has 1 atom stereocenters. The van der Waals surface area contributed by atoms with Gasteiger partial charge in [-0.05, 0) is 54.0 Å². The molecular weight excluding hydrogens is 234 g/mol. The Morgan fingerprint density at radius 3 is 2.79 bits per heavy atom.